The highest BCUT2D eigenvalue weighted by Crippen LogP contribution is 2.34. The van der Waals surface area contributed by atoms with Gasteiger partial charge in [0, 0.05) is 5.39 Å². The lowest BCUT2D eigenvalue weighted by Gasteiger charge is -2.24. The van der Waals surface area contributed by atoms with Crippen molar-refractivity contribution in [2.24, 2.45) is 0 Å². The number of rotatable bonds is 9. The van der Waals surface area contributed by atoms with Crippen molar-refractivity contribution in [2.75, 3.05) is 16.9 Å². The zero-order valence-corrected chi connectivity index (χ0v) is 24.4. The molecule has 0 aliphatic heterocycles. The van der Waals surface area contributed by atoms with Gasteiger partial charge in [-0.3, -0.25) is 0 Å². The summed E-state index contributed by atoms with van der Waals surface area (Å²) in [6.45, 7) is 3.42. The van der Waals surface area contributed by atoms with E-state index in [4.69, 9.17) is 14.3 Å². The fourth-order valence-corrected chi connectivity index (χ4v) is 8.14. The van der Waals surface area contributed by atoms with Crippen LogP contribution in [0.1, 0.15) is 11.1 Å². The van der Waals surface area contributed by atoms with Crippen LogP contribution in [0.2, 0.25) is 0 Å². The Morgan fingerprint density at radius 3 is 2.00 bits per heavy atom. The first-order chi connectivity index (χ1) is 20.0. The molecule has 5 rings (SSSR count). The molecule has 0 amide bonds. The summed E-state index contributed by atoms with van der Waals surface area (Å²) in [4.78, 5) is 12.3. The number of sulfonamides is 2. The third kappa shape index (κ3) is 5.54. The van der Waals surface area contributed by atoms with Crippen molar-refractivity contribution >= 4 is 36.7 Å². The lowest BCUT2D eigenvalue weighted by Crippen LogP contribution is -2.37. The number of hydrogen-bond donors (Lipinski definition) is 1. The van der Waals surface area contributed by atoms with Gasteiger partial charge in [-0.1, -0.05) is 42.0 Å². The molecular weight excluding hydrogens is 578 g/mol. The molecule has 216 valence electrons. The first kappa shape index (κ1) is 29.1. The molecule has 0 atom stereocenters. The van der Waals surface area contributed by atoms with E-state index in [1.807, 2.05) is 19.1 Å². The zero-order chi connectivity index (χ0) is 30.1. The Labute approximate surface area is 243 Å². The maximum atomic E-state index is 14.1. The highest BCUT2D eigenvalue weighted by molar-refractivity contribution is 8.10. The Morgan fingerprint density at radius 1 is 0.762 bits per heavy atom. The van der Waals surface area contributed by atoms with Crippen LogP contribution in [0.4, 0.5) is 5.69 Å². The normalized spacial score (nSPS) is 11.9. The van der Waals surface area contributed by atoms with E-state index in [0.717, 1.165) is 11.1 Å². The van der Waals surface area contributed by atoms with E-state index < -0.39 is 25.7 Å². The van der Waals surface area contributed by atoms with Crippen LogP contribution in [0, 0.1) is 13.8 Å². The van der Waals surface area contributed by atoms with Gasteiger partial charge in [-0.25, -0.2) is 21.6 Å². The van der Waals surface area contributed by atoms with Gasteiger partial charge in [-0.15, -0.1) is 0 Å². The maximum absolute atomic E-state index is 14.1. The van der Waals surface area contributed by atoms with Crippen molar-refractivity contribution in [3.63, 3.8) is 0 Å². The average molecular weight is 606 g/mol. The lowest BCUT2D eigenvalue weighted by molar-refractivity contribution is 0.201. The van der Waals surface area contributed by atoms with Gasteiger partial charge in [0.25, 0.3) is 20.0 Å². The van der Waals surface area contributed by atoms with Gasteiger partial charge in [0.2, 0.25) is 0 Å². The van der Waals surface area contributed by atoms with Crippen LogP contribution in [-0.4, -0.2) is 35.2 Å². The van der Waals surface area contributed by atoms with Crippen LogP contribution in [0.25, 0.3) is 22.1 Å². The van der Waals surface area contributed by atoms with Crippen LogP contribution in [0.5, 0.6) is 5.75 Å². The molecule has 0 fully saturated rings. The minimum atomic E-state index is -4.71. The molecule has 11 heteroatoms. The molecule has 1 N–H and O–H groups in total. The largest absolute Gasteiger partial charge is 0.491 e. The Balaban J connectivity index is 1.70. The smallest absolute Gasteiger partial charge is 0.344 e. The fraction of sp³-hybridized carbons (Fsp3) is 0.129. The summed E-state index contributed by atoms with van der Waals surface area (Å²) >= 11 is 0. The van der Waals surface area contributed by atoms with E-state index in [1.165, 1.54) is 54.6 Å². The quantitative estimate of drug-likeness (QED) is 0.232. The van der Waals surface area contributed by atoms with Crippen molar-refractivity contribution in [3.8, 4) is 16.9 Å². The summed E-state index contributed by atoms with van der Waals surface area (Å²) in [5.41, 5.74) is 1.93. The molecule has 9 nitrogen and oxygen atoms in total. The number of benzene rings is 4. The number of nitrogens with zero attached hydrogens (tertiary/aromatic N) is 1. The first-order valence-electron chi connectivity index (χ1n) is 12.9. The second-order valence-corrected chi connectivity index (χ2v) is 13.4. The third-order valence-electron chi connectivity index (χ3n) is 6.60. The summed E-state index contributed by atoms with van der Waals surface area (Å²) < 4.78 is 67.4. The van der Waals surface area contributed by atoms with Gasteiger partial charge < -0.3 is 14.3 Å². The Hall–Kier alpha value is -4.45. The van der Waals surface area contributed by atoms with Crippen LogP contribution in [0.3, 0.4) is 0 Å². The number of ether oxygens (including phenoxy) is 1. The zero-order valence-electron chi connectivity index (χ0n) is 22.7. The van der Waals surface area contributed by atoms with Gasteiger partial charge in [-0.05, 0) is 85.6 Å². The summed E-state index contributed by atoms with van der Waals surface area (Å²) in [5, 5.41) is 9.32. The number of aryl methyl sites for hydroxylation is 2. The molecular formula is C31H27NO8S2. The molecule has 1 heterocycles. The van der Waals surface area contributed by atoms with E-state index in [-0.39, 0.29) is 39.8 Å². The van der Waals surface area contributed by atoms with E-state index in [1.54, 1.807) is 37.3 Å². The molecule has 0 spiro atoms. The van der Waals surface area contributed by atoms with Gasteiger partial charge in [0.1, 0.15) is 17.9 Å². The molecule has 4 aromatic carbocycles. The van der Waals surface area contributed by atoms with Crippen LogP contribution >= 0.6 is 0 Å². The molecule has 0 saturated carbocycles. The minimum Gasteiger partial charge on any atom is -0.491 e. The van der Waals surface area contributed by atoms with Gasteiger partial charge in [0.15, 0.2) is 0 Å². The number of fused-ring (bicyclic) bond motifs is 1. The molecule has 0 radical (unpaired) electrons. The molecule has 42 heavy (non-hydrogen) atoms. The third-order valence-corrected chi connectivity index (χ3v) is 10.8. The molecule has 1 aromatic heterocycles. The summed E-state index contributed by atoms with van der Waals surface area (Å²) in [6, 6.07) is 23.9. The Kier molecular flexibility index (Phi) is 7.91. The number of hydrogen-bond acceptors (Lipinski definition) is 8. The summed E-state index contributed by atoms with van der Waals surface area (Å²) in [6.07, 6.45) is 0. The Morgan fingerprint density at radius 2 is 1.38 bits per heavy atom. The molecule has 0 bridgehead atoms. The van der Waals surface area contributed by atoms with Crippen molar-refractivity contribution in [2.45, 2.75) is 23.6 Å². The maximum Gasteiger partial charge on any atom is 0.344 e. The second-order valence-electron chi connectivity index (χ2n) is 9.55. The number of aliphatic hydroxyl groups is 1. The summed E-state index contributed by atoms with van der Waals surface area (Å²) in [5.74, 6) is 0.306. The summed E-state index contributed by atoms with van der Waals surface area (Å²) in [7, 11) is -9.36. The molecule has 0 aliphatic carbocycles. The monoisotopic (exact) mass is 605 g/mol. The van der Waals surface area contributed by atoms with Crippen molar-refractivity contribution in [1.29, 1.82) is 0 Å². The standard InChI is InChI=1S/C31H27NO8S2/c1-21-7-12-26(13-8-21)41(35,36)32(42(37,38)27-14-10-25(11-15-27)39-18-17-33)24-9-16-30-23(19-24)20-29(31(34)40-30)28-6-4-3-5-22(28)2/h3-16,19-20,33H,17-18H2,1-2H3. The van der Waals surface area contributed by atoms with Crippen LogP contribution in [-0.2, 0) is 20.0 Å². The van der Waals surface area contributed by atoms with Gasteiger partial charge in [0.05, 0.1) is 27.6 Å². The number of aliphatic hydroxyl groups excluding tert-OH is 1. The minimum absolute atomic E-state index is 0.0116. The number of anilines is 1. The van der Waals surface area contributed by atoms with E-state index in [9.17, 15) is 21.6 Å². The van der Waals surface area contributed by atoms with Crippen molar-refractivity contribution < 1.29 is 31.1 Å². The van der Waals surface area contributed by atoms with Gasteiger partial charge in [-0.2, -0.15) is 3.71 Å². The Bertz CT molecular complexity index is 2030. The van der Waals surface area contributed by atoms with Gasteiger partial charge >= 0.3 is 5.63 Å². The van der Waals surface area contributed by atoms with Crippen LogP contribution < -0.4 is 14.1 Å². The SMILES string of the molecule is Cc1ccc(S(=O)(=O)N(c2ccc3oc(=O)c(-c4ccccc4C)cc3c2)S(=O)(=O)c2ccc(OCCO)cc2)cc1. The van der Waals surface area contributed by atoms with E-state index in [0.29, 0.717) is 20.4 Å². The second kappa shape index (κ2) is 11.4. The first-order valence-corrected chi connectivity index (χ1v) is 15.8. The average Bonchev–Trinajstić information content (AvgIpc) is 2.96. The molecule has 0 unspecified atom stereocenters. The van der Waals surface area contributed by atoms with Crippen molar-refractivity contribution in [3.05, 3.63) is 119 Å². The molecule has 5 aromatic rings. The highest BCUT2D eigenvalue weighted by Gasteiger charge is 2.37. The fourth-order valence-electron chi connectivity index (χ4n) is 4.47. The molecule has 0 aliphatic rings. The van der Waals surface area contributed by atoms with E-state index >= 15 is 0 Å². The highest BCUT2D eigenvalue weighted by atomic mass is 32.3. The predicted octanol–water partition coefficient (Wildman–Crippen LogP) is 5.03. The topological polar surface area (TPSA) is 131 Å². The molecule has 0 saturated heterocycles. The predicted molar refractivity (Wildman–Crippen MR) is 160 cm³/mol. The van der Waals surface area contributed by atoms with E-state index in [2.05, 4.69) is 0 Å². The van der Waals surface area contributed by atoms with Crippen LogP contribution in [0.15, 0.2) is 116 Å². The lowest BCUT2D eigenvalue weighted by atomic mass is 10.0. The van der Waals surface area contributed by atoms with Crippen molar-refractivity contribution in [1.82, 2.24) is 0 Å².